The van der Waals surface area contributed by atoms with Crippen molar-refractivity contribution in [3.63, 3.8) is 0 Å². The first-order valence-corrected chi connectivity index (χ1v) is 12.0. The molecular weight excluding hydrogens is 466 g/mol. The van der Waals surface area contributed by atoms with Crippen LogP contribution in [-0.4, -0.2) is 25.0 Å². The van der Waals surface area contributed by atoms with Crippen molar-refractivity contribution in [1.82, 2.24) is 5.32 Å². The molecule has 37 heavy (non-hydrogen) atoms. The SMILES string of the molecule is COC(=O)C(Cc1ccccc1)NC(=O)c1cccc(OCc2ccc(OCc3ccccc3)cc2)c1. The highest BCUT2D eigenvalue weighted by molar-refractivity contribution is 5.97. The van der Waals surface area contributed by atoms with Crippen molar-refractivity contribution in [2.24, 2.45) is 0 Å². The summed E-state index contributed by atoms with van der Waals surface area (Å²) in [6.45, 7) is 0.844. The van der Waals surface area contributed by atoms with Gasteiger partial charge in [0.2, 0.25) is 0 Å². The Morgan fingerprint density at radius 2 is 1.27 bits per heavy atom. The van der Waals surface area contributed by atoms with Gasteiger partial charge in [0.1, 0.15) is 30.8 Å². The zero-order chi connectivity index (χ0) is 25.9. The van der Waals surface area contributed by atoms with Gasteiger partial charge < -0.3 is 19.5 Å². The molecule has 0 heterocycles. The minimum atomic E-state index is -0.799. The molecule has 0 aromatic heterocycles. The molecule has 1 N–H and O–H groups in total. The lowest BCUT2D eigenvalue weighted by Gasteiger charge is -2.17. The van der Waals surface area contributed by atoms with E-state index >= 15 is 0 Å². The van der Waals surface area contributed by atoms with Gasteiger partial charge >= 0.3 is 5.97 Å². The van der Waals surface area contributed by atoms with Crippen LogP contribution in [0.1, 0.15) is 27.0 Å². The van der Waals surface area contributed by atoms with Crippen LogP contribution in [0.15, 0.2) is 109 Å². The number of rotatable bonds is 11. The number of carbonyl (C=O) groups is 2. The summed E-state index contributed by atoms with van der Waals surface area (Å²) in [4.78, 5) is 25.2. The lowest BCUT2D eigenvalue weighted by atomic mass is 10.1. The monoisotopic (exact) mass is 495 g/mol. The fourth-order valence-electron chi connectivity index (χ4n) is 3.74. The van der Waals surface area contributed by atoms with Crippen LogP contribution >= 0.6 is 0 Å². The Kier molecular flexibility index (Phi) is 8.92. The average molecular weight is 496 g/mol. The molecule has 0 bridgehead atoms. The topological polar surface area (TPSA) is 73.9 Å². The van der Waals surface area contributed by atoms with Gasteiger partial charge in [-0.15, -0.1) is 0 Å². The highest BCUT2D eigenvalue weighted by Gasteiger charge is 2.22. The van der Waals surface area contributed by atoms with E-state index in [2.05, 4.69) is 5.32 Å². The molecule has 0 saturated heterocycles. The molecular formula is C31H29NO5. The fourth-order valence-corrected chi connectivity index (χ4v) is 3.74. The van der Waals surface area contributed by atoms with Crippen LogP contribution in [0.25, 0.3) is 0 Å². The quantitative estimate of drug-likeness (QED) is 0.284. The molecule has 0 aliphatic heterocycles. The second-order valence-corrected chi connectivity index (χ2v) is 8.47. The van der Waals surface area contributed by atoms with Gasteiger partial charge in [0.25, 0.3) is 5.91 Å². The van der Waals surface area contributed by atoms with E-state index in [1.807, 2.05) is 84.9 Å². The van der Waals surface area contributed by atoms with Gasteiger partial charge in [-0.1, -0.05) is 78.9 Å². The maximum atomic E-state index is 12.9. The third kappa shape index (κ3) is 7.70. The first-order valence-electron chi connectivity index (χ1n) is 12.0. The van der Waals surface area contributed by atoms with E-state index in [0.717, 1.165) is 22.4 Å². The lowest BCUT2D eigenvalue weighted by Crippen LogP contribution is -2.43. The second kappa shape index (κ2) is 12.9. The summed E-state index contributed by atoms with van der Waals surface area (Å²) in [6.07, 6.45) is 0.334. The third-order valence-corrected chi connectivity index (χ3v) is 5.75. The van der Waals surface area contributed by atoms with Crippen molar-refractivity contribution in [1.29, 1.82) is 0 Å². The van der Waals surface area contributed by atoms with Gasteiger partial charge in [-0.25, -0.2) is 4.79 Å². The summed E-state index contributed by atoms with van der Waals surface area (Å²) in [5, 5.41) is 2.78. The Morgan fingerprint density at radius 1 is 0.676 bits per heavy atom. The Morgan fingerprint density at radius 3 is 1.92 bits per heavy atom. The maximum Gasteiger partial charge on any atom is 0.328 e. The van der Waals surface area contributed by atoms with Gasteiger partial charge in [0, 0.05) is 12.0 Å². The van der Waals surface area contributed by atoms with Gasteiger partial charge in [-0.05, 0) is 47.0 Å². The van der Waals surface area contributed by atoms with E-state index in [1.54, 1.807) is 24.3 Å². The first kappa shape index (κ1) is 25.5. The van der Waals surface area contributed by atoms with Crippen LogP contribution in [0.5, 0.6) is 11.5 Å². The number of methoxy groups -OCH3 is 1. The molecule has 1 amide bonds. The molecule has 6 heteroatoms. The molecule has 0 aliphatic rings. The molecule has 0 spiro atoms. The average Bonchev–Trinajstić information content (AvgIpc) is 2.96. The lowest BCUT2D eigenvalue weighted by molar-refractivity contribution is -0.142. The van der Waals surface area contributed by atoms with Crippen molar-refractivity contribution in [3.05, 3.63) is 131 Å². The Hall–Kier alpha value is -4.58. The summed E-state index contributed by atoms with van der Waals surface area (Å²) in [7, 11) is 1.31. The van der Waals surface area contributed by atoms with Crippen molar-refractivity contribution < 1.29 is 23.8 Å². The number of hydrogen-bond acceptors (Lipinski definition) is 5. The minimum Gasteiger partial charge on any atom is -0.489 e. The molecule has 0 saturated carbocycles. The second-order valence-electron chi connectivity index (χ2n) is 8.47. The molecule has 1 atom stereocenters. The van der Waals surface area contributed by atoms with E-state index in [0.29, 0.717) is 30.9 Å². The van der Waals surface area contributed by atoms with Gasteiger partial charge in [0.15, 0.2) is 0 Å². The molecule has 188 valence electrons. The van der Waals surface area contributed by atoms with Crippen LogP contribution in [0.2, 0.25) is 0 Å². The zero-order valence-electron chi connectivity index (χ0n) is 20.6. The normalized spacial score (nSPS) is 11.3. The van der Waals surface area contributed by atoms with Gasteiger partial charge in [0.05, 0.1) is 7.11 Å². The van der Waals surface area contributed by atoms with Crippen LogP contribution in [-0.2, 0) is 29.2 Å². The van der Waals surface area contributed by atoms with Crippen molar-refractivity contribution in [3.8, 4) is 11.5 Å². The fraction of sp³-hybridized carbons (Fsp3) is 0.161. The van der Waals surface area contributed by atoms with E-state index in [9.17, 15) is 9.59 Å². The molecule has 0 aliphatic carbocycles. The van der Waals surface area contributed by atoms with E-state index in [1.165, 1.54) is 7.11 Å². The van der Waals surface area contributed by atoms with Crippen molar-refractivity contribution in [2.45, 2.75) is 25.7 Å². The summed E-state index contributed by atoms with van der Waals surface area (Å²) < 4.78 is 16.6. The predicted octanol–water partition coefficient (Wildman–Crippen LogP) is 5.36. The molecule has 0 radical (unpaired) electrons. The number of amides is 1. The molecule has 0 fully saturated rings. The molecule has 1 unspecified atom stereocenters. The smallest absolute Gasteiger partial charge is 0.328 e. The van der Waals surface area contributed by atoms with E-state index < -0.39 is 12.0 Å². The summed E-state index contributed by atoms with van der Waals surface area (Å²) in [5.41, 5.74) is 3.39. The standard InChI is InChI=1S/C31H29NO5/c1-35-31(34)29(19-23-9-4-2-5-10-23)32-30(33)26-13-8-14-28(20-26)37-22-25-15-17-27(18-16-25)36-21-24-11-6-3-7-12-24/h2-18,20,29H,19,21-22H2,1H3,(H,32,33). The third-order valence-electron chi connectivity index (χ3n) is 5.75. The molecule has 4 rings (SSSR count). The molecule has 4 aromatic carbocycles. The molecule has 6 nitrogen and oxygen atoms in total. The van der Waals surface area contributed by atoms with E-state index in [4.69, 9.17) is 14.2 Å². The highest BCUT2D eigenvalue weighted by Crippen LogP contribution is 2.18. The first-order chi connectivity index (χ1) is 18.1. The van der Waals surface area contributed by atoms with Crippen LogP contribution in [0, 0.1) is 0 Å². The number of ether oxygens (including phenoxy) is 3. The molecule has 4 aromatic rings. The van der Waals surface area contributed by atoms with Crippen LogP contribution < -0.4 is 14.8 Å². The summed E-state index contributed by atoms with van der Waals surface area (Å²) in [6, 6.07) is 33.2. The number of carbonyl (C=O) groups excluding carboxylic acids is 2. The Labute approximate surface area is 216 Å². The van der Waals surface area contributed by atoms with Gasteiger partial charge in [-0.3, -0.25) is 4.79 Å². The summed E-state index contributed by atoms with van der Waals surface area (Å²) in [5.74, 6) is 0.453. The number of benzene rings is 4. The predicted molar refractivity (Wildman–Crippen MR) is 141 cm³/mol. The maximum absolute atomic E-state index is 12.9. The Bertz CT molecular complexity index is 1290. The van der Waals surface area contributed by atoms with Crippen LogP contribution in [0.4, 0.5) is 0 Å². The van der Waals surface area contributed by atoms with Gasteiger partial charge in [-0.2, -0.15) is 0 Å². The minimum absolute atomic E-state index is 0.334. The number of nitrogens with one attached hydrogen (secondary N) is 1. The highest BCUT2D eigenvalue weighted by atomic mass is 16.5. The zero-order valence-corrected chi connectivity index (χ0v) is 20.6. The summed E-state index contributed by atoms with van der Waals surface area (Å²) >= 11 is 0. The van der Waals surface area contributed by atoms with Crippen molar-refractivity contribution in [2.75, 3.05) is 7.11 Å². The number of esters is 1. The van der Waals surface area contributed by atoms with E-state index in [-0.39, 0.29) is 5.91 Å². The van der Waals surface area contributed by atoms with Crippen LogP contribution in [0.3, 0.4) is 0 Å². The largest absolute Gasteiger partial charge is 0.489 e. The van der Waals surface area contributed by atoms with Crippen molar-refractivity contribution >= 4 is 11.9 Å². The Balaban J connectivity index is 1.32. The number of hydrogen-bond donors (Lipinski definition) is 1.